The molecule has 124 valence electrons. The van der Waals surface area contributed by atoms with Crippen LogP contribution in [0, 0.1) is 13.8 Å². The van der Waals surface area contributed by atoms with E-state index in [0.29, 0.717) is 33.9 Å². The minimum atomic E-state index is -0.688. The summed E-state index contributed by atoms with van der Waals surface area (Å²) in [6.45, 7) is 3.53. The summed E-state index contributed by atoms with van der Waals surface area (Å²) < 4.78 is 5.40. The van der Waals surface area contributed by atoms with E-state index < -0.39 is 11.7 Å². The highest BCUT2D eigenvalue weighted by Crippen LogP contribution is 2.24. The van der Waals surface area contributed by atoms with Gasteiger partial charge in [-0.3, -0.25) is 9.59 Å². The van der Waals surface area contributed by atoms with Crippen LogP contribution in [0.4, 0.5) is 5.69 Å². The number of carbonyl (C=O) groups excluding carboxylic acids is 2. The van der Waals surface area contributed by atoms with Crippen molar-refractivity contribution in [2.24, 2.45) is 0 Å². The Morgan fingerprint density at radius 1 is 1.12 bits per heavy atom. The standard InChI is InChI=1S/C19H15N3O3/c1-10-17(13-5-3-4-6-14(13)20-10)18(23)19(24)22-12-7-8-16-15(9-12)21-11(2)25-16/h3-9,20H,1-2H3,(H,22,24). The van der Waals surface area contributed by atoms with Gasteiger partial charge in [-0.15, -0.1) is 0 Å². The lowest BCUT2D eigenvalue weighted by Crippen LogP contribution is -2.23. The fourth-order valence-electron chi connectivity index (χ4n) is 2.99. The quantitative estimate of drug-likeness (QED) is 0.441. The van der Waals surface area contributed by atoms with Crippen molar-refractivity contribution >= 4 is 39.4 Å². The first-order valence-corrected chi connectivity index (χ1v) is 7.83. The number of aromatic nitrogens is 2. The number of fused-ring (bicyclic) bond motifs is 2. The van der Waals surface area contributed by atoms with Gasteiger partial charge in [0.15, 0.2) is 11.5 Å². The van der Waals surface area contributed by atoms with Crippen LogP contribution in [0.3, 0.4) is 0 Å². The van der Waals surface area contributed by atoms with Crippen molar-refractivity contribution in [1.29, 1.82) is 0 Å². The minimum absolute atomic E-state index is 0.395. The lowest BCUT2D eigenvalue weighted by atomic mass is 10.1. The maximum absolute atomic E-state index is 12.6. The molecule has 0 aliphatic carbocycles. The Labute approximate surface area is 142 Å². The van der Waals surface area contributed by atoms with Crippen LogP contribution < -0.4 is 5.32 Å². The van der Waals surface area contributed by atoms with Crippen molar-refractivity contribution in [2.75, 3.05) is 5.32 Å². The summed E-state index contributed by atoms with van der Waals surface area (Å²) in [7, 11) is 0. The van der Waals surface area contributed by atoms with Crippen LogP contribution in [0.2, 0.25) is 0 Å². The maximum atomic E-state index is 12.6. The van der Waals surface area contributed by atoms with E-state index in [1.165, 1.54) is 0 Å². The zero-order chi connectivity index (χ0) is 17.6. The molecule has 6 nitrogen and oxygen atoms in total. The van der Waals surface area contributed by atoms with Crippen molar-refractivity contribution < 1.29 is 14.0 Å². The van der Waals surface area contributed by atoms with Gasteiger partial charge in [0, 0.05) is 29.2 Å². The molecule has 25 heavy (non-hydrogen) atoms. The van der Waals surface area contributed by atoms with Gasteiger partial charge in [0.25, 0.3) is 11.7 Å². The average molecular weight is 333 g/mol. The molecule has 0 saturated heterocycles. The molecule has 0 bridgehead atoms. The summed E-state index contributed by atoms with van der Waals surface area (Å²) in [6.07, 6.45) is 0. The Morgan fingerprint density at radius 3 is 2.76 bits per heavy atom. The Hall–Kier alpha value is -3.41. The van der Waals surface area contributed by atoms with Crippen molar-refractivity contribution in [3.8, 4) is 0 Å². The van der Waals surface area contributed by atoms with E-state index in [0.717, 1.165) is 10.9 Å². The molecular weight excluding hydrogens is 318 g/mol. The molecule has 0 unspecified atom stereocenters. The smallest absolute Gasteiger partial charge is 0.296 e. The molecule has 4 aromatic rings. The van der Waals surface area contributed by atoms with Crippen molar-refractivity contribution in [2.45, 2.75) is 13.8 Å². The number of nitrogens with one attached hydrogen (secondary N) is 2. The Kier molecular flexibility index (Phi) is 3.39. The van der Waals surface area contributed by atoms with Gasteiger partial charge in [0.05, 0.1) is 5.56 Å². The number of nitrogens with zero attached hydrogens (tertiary/aromatic N) is 1. The summed E-state index contributed by atoms with van der Waals surface area (Å²) in [6, 6.07) is 12.5. The first-order valence-electron chi connectivity index (χ1n) is 7.83. The van der Waals surface area contributed by atoms with Gasteiger partial charge in [-0.25, -0.2) is 4.98 Å². The minimum Gasteiger partial charge on any atom is -0.441 e. The molecule has 4 rings (SSSR count). The normalized spacial score (nSPS) is 11.1. The van der Waals surface area contributed by atoms with Crippen LogP contribution in [0.15, 0.2) is 46.9 Å². The van der Waals surface area contributed by atoms with E-state index in [2.05, 4.69) is 15.3 Å². The highest BCUT2D eigenvalue weighted by atomic mass is 16.3. The van der Waals surface area contributed by atoms with E-state index in [9.17, 15) is 9.59 Å². The molecule has 0 aliphatic heterocycles. The first-order chi connectivity index (χ1) is 12.0. The van der Waals surface area contributed by atoms with E-state index in [1.807, 2.05) is 24.3 Å². The van der Waals surface area contributed by atoms with E-state index in [4.69, 9.17) is 4.42 Å². The third-order valence-electron chi connectivity index (χ3n) is 4.08. The van der Waals surface area contributed by atoms with Crippen LogP contribution >= 0.6 is 0 Å². The van der Waals surface area contributed by atoms with Gasteiger partial charge in [-0.1, -0.05) is 18.2 Å². The van der Waals surface area contributed by atoms with Crippen LogP contribution in [0.25, 0.3) is 22.0 Å². The monoisotopic (exact) mass is 333 g/mol. The number of aromatic amines is 1. The lowest BCUT2D eigenvalue weighted by molar-refractivity contribution is -0.112. The second kappa shape index (κ2) is 5.59. The van der Waals surface area contributed by atoms with Gasteiger partial charge < -0.3 is 14.7 Å². The Morgan fingerprint density at radius 2 is 1.92 bits per heavy atom. The molecule has 0 atom stereocenters. The van der Waals surface area contributed by atoms with Crippen LogP contribution in [0.1, 0.15) is 21.9 Å². The number of hydrogen-bond acceptors (Lipinski definition) is 4. The molecule has 0 spiro atoms. The van der Waals surface area contributed by atoms with Crippen LogP contribution in [-0.4, -0.2) is 21.7 Å². The zero-order valence-electron chi connectivity index (χ0n) is 13.7. The molecule has 0 saturated carbocycles. The Balaban J connectivity index is 1.65. The number of oxazole rings is 1. The topological polar surface area (TPSA) is 88.0 Å². The molecule has 0 radical (unpaired) electrons. The maximum Gasteiger partial charge on any atom is 0.296 e. The largest absolute Gasteiger partial charge is 0.441 e. The van der Waals surface area contributed by atoms with Gasteiger partial charge in [0.2, 0.25) is 0 Å². The van der Waals surface area contributed by atoms with E-state index in [-0.39, 0.29) is 0 Å². The fraction of sp³-hybridized carbons (Fsp3) is 0.105. The fourth-order valence-corrected chi connectivity index (χ4v) is 2.99. The van der Waals surface area contributed by atoms with Gasteiger partial charge in [0.1, 0.15) is 5.52 Å². The molecule has 1 amide bonds. The molecule has 6 heteroatoms. The number of H-pyrrole nitrogens is 1. The summed E-state index contributed by atoms with van der Waals surface area (Å²) in [4.78, 5) is 32.4. The third-order valence-corrected chi connectivity index (χ3v) is 4.08. The van der Waals surface area contributed by atoms with Gasteiger partial charge >= 0.3 is 0 Å². The SMILES string of the molecule is Cc1nc2cc(NC(=O)C(=O)c3c(C)[nH]c4ccccc34)ccc2o1. The predicted octanol–water partition coefficient (Wildman–Crippen LogP) is 3.75. The summed E-state index contributed by atoms with van der Waals surface area (Å²) >= 11 is 0. The number of ketones is 1. The molecule has 2 aromatic heterocycles. The van der Waals surface area contributed by atoms with Crippen LogP contribution in [-0.2, 0) is 4.79 Å². The second-order valence-corrected chi connectivity index (χ2v) is 5.87. The number of carbonyl (C=O) groups is 2. The molecule has 0 aliphatic rings. The number of para-hydroxylation sites is 1. The van der Waals surface area contributed by atoms with E-state index >= 15 is 0 Å². The van der Waals surface area contributed by atoms with Gasteiger partial charge in [-0.05, 0) is 31.2 Å². The number of Topliss-reactive ketones (excluding diaryl/α,β-unsaturated/α-hetero) is 1. The Bertz CT molecular complexity index is 1140. The number of rotatable bonds is 3. The number of hydrogen-bond donors (Lipinski definition) is 2. The highest BCUT2D eigenvalue weighted by Gasteiger charge is 2.22. The number of anilines is 1. The van der Waals surface area contributed by atoms with Crippen molar-refractivity contribution in [3.63, 3.8) is 0 Å². The molecule has 2 N–H and O–H groups in total. The van der Waals surface area contributed by atoms with E-state index in [1.54, 1.807) is 32.0 Å². The predicted molar refractivity (Wildman–Crippen MR) is 94.7 cm³/mol. The number of aryl methyl sites for hydroxylation is 2. The summed E-state index contributed by atoms with van der Waals surface area (Å²) in [5.74, 6) is -0.720. The molecular formula is C19H15N3O3. The summed E-state index contributed by atoms with van der Waals surface area (Å²) in [5.41, 5.74) is 3.66. The van der Waals surface area contributed by atoms with Gasteiger partial charge in [-0.2, -0.15) is 0 Å². The third kappa shape index (κ3) is 2.57. The number of benzene rings is 2. The molecule has 2 heterocycles. The number of amides is 1. The highest BCUT2D eigenvalue weighted by molar-refractivity contribution is 6.48. The zero-order valence-corrected chi connectivity index (χ0v) is 13.7. The van der Waals surface area contributed by atoms with Crippen LogP contribution in [0.5, 0.6) is 0 Å². The second-order valence-electron chi connectivity index (χ2n) is 5.87. The van der Waals surface area contributed by atoms with Crippen molar-refractivity contribution in [3.05, 3.63) is 59.6 Å². The molecule has 2 aromatic carbocycles. The lowest BCUT2D eigenvalue weighted by Gasteiger charge is -2.04. The molecule has 0 fully saturated rings. The van der Waals surface area contributed by atoms with Crippen molar-refractivity contribution in [1.82, 2.24) is 9.97 Å². The summed E-state index contributed by atoms with van der Waals surface area (Å²) in [5, 5.41) is 3.38. The first kappa shape index (κ1) is 15.1. The average Bonchev–Trinajstić information content (AvgIpc) is 3.11.